The average molecular weight is 230 g/mol. The van der Waals surface area contributed by atoms with Crippen LogP contribution in [0.25, 0.3) is 0 Å². The molecule has 5 nitrogen and oxygen atoms in total. The molecule has 0 spiro atoms. The summed E-state index contributed by atoms with van der Waals surface area (Å²) < 4.78 is 4.68. The smallest absolute Gasteiger partial charge is 0.332 e. The highest BCUT2D eigenvalue weighted by Gasteiger charge is 2.25. The van der Waals surface area contributed by atoms with Crippen molar-refractivity contribution in [2.45, 2.75) is 46.2 Å². The Kier molecular flexibility index (Phi) is 6.72. The highest BCUT2D eigenvalue weighted by atomic mass is 16.5. The van der Waals surface area contributed by atoms with Crippen LogP contribution in [0, 0.1) is 5.92 Å². The predicted octanol–water partition coefficient (Wildman–Crippen LogP) is 0.428. The van der Waals surface area contributed by atoms with Gasteiger partial charge in [-0.3, -0.25) is 4.79 Å². The van der Waals surface area contributed by atoms with E-state index < -0.39 is 17.9 Å². The second-order valence-electron chi connectivity index (χ2n) is 4.00. The van der Waals surface area contributed by atoms with Crippen molar-refractivity contribution in [3.8, 4) is 0 Å². The molecule has 0 aliphatic rings. The highest BCUT2D eigenvalue weighted by molar-refractivity contribution is 6.01. The molecular weight excluding hydrogens is 208 g/mol. The number of rotatable bonds is 6. The van der Waals surface area contributed by atoms with Crippen LogP contribution in [0.15, 0.2) is 0 Å². The fraction of sp³-hybridized carbons (Fsp3) is 0.818. The number of hydrogen-bond donors (Lipinski definition) is 2. The second-order valence-corrected chi connectivity index (χ2v) is 4.00. The third kappa shape index (κ3) is 4.61. The lowest BCUT2D eigenvalue weighted by Gasteiger charge is -2.22. The standard InChI is InChI=1S/C11H22N2O3/c1-5-8(7(3)4)13-10(14)9(12)11(15)16-6-2/h7-9H,5-6,12H2,1-4H3,(H,13,14). The first-order chi connectivity index (χ1) is 7.43. The van der Waals surface area contributed by atoms with Crippen molar-refractivity contribution in [3.63, 3.8) is 0 Å². The molecule has 0 rings (SSSR count). The molecule has 0 aliphatic heterocycles. The molecule has 0 radical (unpaired) electrons. The third-order valence-electron chi connectivity index (χ3n) is 2.40. The number of nitrogens with one attached hydrogen (secondary N) is 1. The normalized spacial score (nSPS) is 14.4. The number of carbonyl (C=O) groups excluding carboxylic acids is 2. The Morgan fingerprint density at radius 3 is 2.25 bits per heavy atom. The summed E-state index contributed by atoms with van der Waals surface area (Å²) in [6.45, 7) is 7.88. The Morgan fingerprint density at radius 1 is 1.31 bits per heavy atom. The molecule has 3 N–H and O–H groups in total. The second kappa shape index (κ2) is 7.22. The summed E-state index contributed by atoms with van der Waals surface area (Å²) >= 11 is 0. The fourth-order valence-corrected chi connectivity index (χ4v) is 1.35. The molecule has 0 aromatic rings. The van der Waals surface area contributed by atoms with Crippen molar-refractivity contribution in [3.05, 3.63) is 0 Å². The van der Waals surface area contributed by atoms with E-state index in [0.29, 0.717) is 5.92 Å². The monoisotopic (exact) mass is 230 g/mol. The summed E-state index contributed by atoms with van der Waals surface area (Å²) in [4.78, 5) is 22.8. The summed E-state index contributed by atoms with van der Waals surface area (Å²) in [7, 11) is 0. The molecule has 0 heterocycles. The van der Waals surface area contributed by atoms with Crippen molar-refractivity contribution in [1.82, 2.24) is 5.32 Å². The van der Waals surface area contributed by atoms with Crippen LogP contribution in [0.3, 0.4) is 0 Å². The lowest BCUT2D eigenvalue weighted by atomic mass is 10.0. The van der Waals surface area contributed by atoms with Crippen LogP contribution >= 0.6 is 0 Å². The predicted molar refractivity (Wildman–Crippen MR) is 61.7 cm³/mol. The van der Waals surface area contributed by atoms with Crippen LogP contribution in [0.4, 0.5) is 0 Å². The summed E-state index contributed by atoms with van der Waals surface area (Å²) in [6.07, 6.45) is 0.805. The van der Waals surface area contributed by atoms with Gasteiger partial charge in [0.05, 0.1) is 6.61 Å². The van der Waals surface area contributed by atoms with Crippen molar-refractivity contribution in [1.29, 1.82) is 0 Å². The van der Waals surface area contributed by atoms with Gasteiger partial charge >= 0.3 is 5.97 Å². The lowest BCUT2D eigenvalue weighted by molar-refractivity contribution is -0.148. The van der Waals surface area contributed by atoms with E-state index in [0.717, 1.165) is 6.42 Å². The number of esters is 1. The molecule has 0 saturated heterocycles. The van der Waals surface area contributed by atoms with Gasteiger partial charge in [0.1, 0.15) is 0 Å². The molecule has 0 saturated carbocycles. The van der Waals surface area contributed by atoms with Crippen LogP contribution in [-0.2, 0) is 14.3 Å². The molecule has 0 aromatic carbocycles. The van der Waals surface area contributed by atoms with Crippen LogP contribution in [0.2, 0.25) is 0 Å². The van der Waals surface area contributed by atoms with Gasteiger partial charge in [0.15, 0.2) is 6.04 Å². The van der Waals surface area contributed by atoms with Gasteiger partial charge in [-0.1, -0.05) is 20.8 Å². The van der Waals surface area contributed by atoms with Crippen molar-refractivity contribution < 1.29 is 14.3 Å². The first-order valence-corrected chi connectivity index (χ1v) is 5.66. The topological polar surface area (TPSA) is 81.4 Å². The largest absolute Gasteiger partial charge is 0.464 e. The summed E-state index contributed by atoms with van der Waals surface area (Å²) in [5, 5.41) is 2.74. The molecule has 0 aliphatic carbocycles. The molecule has 16 heavy (non-hydrogen) atoms. The van der Waals surface area contributed by atoms with Crippen molar-refractivity contribution >= 4 is 11.9 Å². The molecule has 1 amide bonds. The molecule has 2 unspecified atom stereocenters. The van der Waals surface area contributed by atoms with Gasteiger partial charge in [-0.25, -0.2) is 4.79 Å². The van der Waals surface area contributed by atoms with Gasteiger partial charge in [0, 0.05) is 6.04 Å². The maximum atomic E-state index is 11.6. The minimum Gasteiger partial charge on any atom is -0.464 e. The van der Waals surface area contributed by atoms with Gasteiger partial charge in [0.25, 0.3) is 0 Å². The zero-order valence-corrected chi connectivity index (χ0v) is 10.4. The summed E-state index contributed by atoms with van der Waals surface area (Å²) in [5.41, 5.74) is 5.46. The Bertz CT molecular complexity index is 241. The fourth-order valence-electron chi connectivity index (χ4n) is 1.35. The average Bonchev–Trinajstić information content (AvgIpc) is 2.24. The first kappa shape index (κ1) is 14.9. The van der Waals surface area contributed by atoms with Crippen LogP contribution in [-0.4, -0.2) is 30.6 Å². The van der Waals surface area contributed by atoms with Gasteiger partial charge < -0.3 is 15.8 Å². The van der Waals surface area contributed by atoms with E-state index in [1.54, 1.807) is 6.92 Å². The summed E-state index contributed by atoms with van der Waals surface area (Å²) in [6, 6.07) is -1.19. The van der Waals surface area contributed by atoms with E-state index in [-0.39, 0.29) is 12.6 Å². The van der Waals surface area contributed by atoms with Gasteiger partial charge in [-0.15, -0.1) is 0 Å². The van der Waals surface area contributed by atoms with Crippen LogP contribution < -0.4 is 11.1 Å². The Labute approximate surface area is 96.7 Å². The van der Waals surface area contributed by atoms with Crippen molar-refractivity contribution in [2.75, 3.05) is 6.61 Å². The number of amides is 1. The minimum atomic E-state index is -1.23. The van der Waals surface area contributed by atoms with Gasteiger partial charge in [0.2, 0.25) is 5.91 Å². The third-order valence-corrected chi connectivity index (χ3v) is 2.40. The Morgan fingerprint density at radius 2 is 1.88 bits per heavy atom. The molecule has 0 aromatic heterocycles. The minimum absolute atomic E-state index is 0.0352. The molecule has 0 fully saturated rings. The number of hydrogen-bond acceptors (Lipinski definition) is 4. The van der Waals surface area contributed by atoms with E-state index >= 15 is 0 Å². The van der Waals surface area contributed by atoms with E-state index in [9.17, 15) is 9.59 Å². The maximum Gasteiger partial charge on any atom is 0.332 e. The van der Waals surface area contributed by atoms with E-state index in [1.165, 1.54) is 0 Å². The quantitative estimate of drug-likeness (QED) is 0.512. The lowest BCUT2D eigenvalue weighted by Crippen LogP contribution is -2.51. The molecule has 5 heteroatoms. The van der Waals surface area contributed by atoms with Crippen LogP contribution in [0.1, 0.15) is 34.1 Å². The van der Waals surface area contributed by atoms with E-state index in [1.807, 2.05) is 20.8 Å². The zero-order chi connectivity index (χ0) is 12.7. The van der Waals surface area contributed by atoms with Gasteiger partial charge in [-0.2, -0.15) is 0 Å². The van der Waals surface area contributed by atoms with E-state index in [4.69, 9.17) is 5.73 Å². The molecular formula is C11H22N2O3. The summed E-state index contributed by atoms with van der Waals surface area (Å²) in [5.74, 6) is -0.846. The van der Waals surface area contributed by atoms with E-state index in [2.05, 4.69) is 10.1 Å². The Hall–Kier alpha value is -1.10. The van der Waals surface area contributed by atoms with Gasteiger partial charge in [-0.05, 0) is 19.3 Å². The SMILES string of the molecule is CCOC(=O)C(N)C(=O)NC(CC)C(C)C. The number of carbonyl (C=O) groups is 2. The molecule has 2 atom stereocenters. The zero-order valence-electron chi connectivity index (χ0n) is 10.4. The van der Waals surface area contributed by atoms with Crippen LogP contribution in [0.5, 0.6) is 0 Å². The molecule has 94 valence electrons. The maximum absolute atomic E-state index is 11.6. The molecule has 0 bridgehead atoms. The highest BCUT2D eigenvalue weighted by Crippen LogP contribution is 2.05. The first-order valence-electron chi connectivity index (χ1n) is 5.66. The number of ether oxygens (including phenoxy) is 1. The number of nitrogens with two attached hydrogens (primary N) is 1. The van der Waals surface area contributed by atoms with Crippen molar-refractivity contribution in [2.24, 2.45) is 11.7 Å². The Balaban J connectivity index is 4.28.